The van der Waals surface area contributed by atoms with E-state index in [0.29, 0.717) is 5.70 Å². The molecule has 3 heteroatoms. The molecule has 0 heterocycles. The van der Waals surface area contributed by atoms with Crippen LogP contribution < -0.4 is 5.73 Å². The summed E-state index contributed by atoms with van der Waals surface area (Å²) < 4.78 is 28.1. The Kier molecular flexibility index (Phi) is 4.71. The van der Waals surface area contributed by atoms with Crippen LogP contribution in [0.25, 0.3) is 12.2 Å². The van der Waals surface area contributed by atoms with Crippen molar-refractivity contribution in [2.75, 3.05) is 0 Å². The van der Waals surface area contributed by atoms with Gasteiger partial charge >= 0.3 is 0 Å². The van der Waals surface area contributed by atoms with E-state index in [9.17, 15) is 8.78 Å². The van der Waals surface area contributed by atoms with Crippen LogP contribution in [-0.2, 0) is 0 Å². The van der Waals surface area contributed by atoms with Crippen LogP contribution in [0.2, 0.25) is 0 Å². The third kappa shape index (κ3) is 3.51. The molecule has 0 aromatic heterocycles. The van der Waals surface area contributed by atoms with E-state index in [1.165, 1.54) is 0 Å². The van der Waals surface area contributed by atoms with Crippen molar-refractivity contribution >= 4 is 12.2 Å². The molecule has 0 amide bonds. The summed E-state index contributed by atoms with van der Waals surface area (Å²) in [6.45, 7) is 0. The lowest BCUT2D eigenvalue weighted by molar-refractivity contribution is 0.544. The average Bonchev–Trinajstić information content (AvgIpc) is 2.61. The largest absolute Gasteiger partial charge is 0.401 e. The quantitative estimate of drug-likeness (QED) is 0.804. The summed E-state index contributed by atoms with van der Waals surface area (Å²) >= 11 is 0. The summed E-state index contributed by atoms with van der Waals surface area (Å²) in [5.41, 5.74) is 8.59. The van der Waals surface area contributed by atoms with E-state index in [4.69, 9.17) is 5.73 Å². The molecular formula is C21H17F2N. The van der Waals surface area contributed by atoms with Gasteiger partial charge in [-0.25, -0.2) is 8.78 Å². The minimum absolute atomic E-state index is 0.228. The summed E-state index contributed by atoms with van der Waals surface area (Å²) in [5, 5.41) is 0. The molecule has 2 aromatic rings. The van der Waals surface area contributed by atoms with Gasteiger partial charge < -0.3 is 5.73 Å². The second kappa shape index (κ2) is 7.09. The van der Waals surface area contributed by atoms with Gasteiger partial charge in [-0.05, 0) is 29.4 Å². The predicted molar refractivity (Wildman–Crippen MR) is 94.9 cm³/mol. The number of benzene rings is 2. The number of allylic oxidation sites excluding steroid dienone is 4. The first kappa shape index (κ1) is 15.9. The molecule has 1 aliphatic carbocycles. The molecule has 1 atom stereocenters. The number of hydrogen-bond acceptors (Lipinski definition) is 1. The molecule has 3 rings (SSSR count). The lowest BCUT2D eigenvalue weighted by Crippen LogP contribution is -2.15. The molecule has 0 saturated heterocycles. The number of hydrogen-bond donors (Lipinski definition) is 1. The smallest absolute Gasteiger partial charge is 0.163 e. The third-order valence-corrected chi connectivity index (χ3v) is 3.85. The van der Waals surface area contributed by atoms with Crippen molar-refractivity contribution in [3.8, 4) is 0 Å². The zero-order chi connectivity index (χ0) is 16.9. The predicted octanol–water partition coefficient (Wildman–Crippen LogP) is 5.41. The summed E-state index contributed by atoms with van der Waals surface area (Å²) in [6, 6.07) is 18.8. The summed E-state index contributed by atoms with van der Waals surface area (Å²) in [4.78, 5) is 0. The van der Waals surface area contributed by atoms with Crippen molar-refractivity contribution in [2.24, 2.45) is 11.7 Å². The van der Waals surface area contributed by atoms with Crippen LogP contribution in [0, 0.1) is 5.92 Å². The summed E-state index contributed by atoms with van der Waals surface area (Å²) in [7, 11) is 0. The number of halogens is 2. The Balaban J connectivity index is 2.01. The SMILES string of the molecule is NC(=Cc1ccccc1)C1C=CC(F)=C(F)C1=Cc1ccccc1. The lowest BCUT2D eigenvalue weighted by Gasteiger charge is -2.20. The summed E-state index contributed by atoms with van der Waals surface area (Å²) in [5.74, 6) is -2.25. The van der Waals surface area contributed by atoms with E-state index < -0.39 is 17.6 Å². The van der Waals surface area contributed by atoms with E-state index in [1.54, 1.807) is 18.2 Å². The molecule has 0 fully saturated rings. The van der Waals surface area contributed by atoms with Gasteiger partial charge in [-0.1, -0.05) is 66.7 Å². The molecule has 120 valence electrons. The van der Waals surface area contributed by atoms with E-state index in [-0.39, 0.29) is 5.57 Å². The zero-order valence-electron chi connectivity index (χ0n) is 13.0. The normalized spacial score (nSPS) is 19.8. The second-order valence-electron chi connectivity index (χ2n) is 5.56. The number of nitrogens with two attached hydrogens (primary N) is 1. The van der Waals surface area contributed by atoms with Gasteiger partial charge in [-0.2, -0.15) is 0 Å². The van der Waals surface area contributed by atoms with Crippen LogP contribution in [0.1, 0.15) is 11.1 Å². The van der Waals surface area contributed by atoms with Crippen molar-refractivity contribution in [3.05, 3.63) is 107 Å². The maximum absolute atomic E-state index is 14.4. The van der Waals surface area contributed by atoms with E-state index in [0.717, 1.165) is 17.2 Å². The van der Waals surface area contributed by atoms with Crippen LogP contribution in [-0.4, -0.2) is 0 Å². The zero-order valence-corrected chi connectivity index (χ0v) is 13.0. The fourth-order valence-electron chi connectivity index (χ4n) is 2.64. The molecular weight excluding hydrogens is 304 g/mol. The topological polar surface area (TPSA) is 26.0 Å². The van der Waals surface area contributed by atoms with Gasteiger partial charge in [-0.15, -0.1) is 0 Å². The van der Waals surface area contributed by atoms with Gasteiger partial charge in [0.15, 0.2) is 11.7 Å². The van der Waals surface area contributed by atoms with Crippen molar-refractivity contribution in [1.29, 1.82) is 0 Å². The Bertz CT molecular complexity index is 831. The molecule has 0 saturated carbocycles. The Hall–Kier alpha value is -2.94. The standard InChI is InChI=1S/C21H17F2N/c22-19-12-11-17(20(24)14-16-9-5-2-6-10-16)18(21(19)23)13-15-7-3-1-4-8-15/h1-14,17H,24H2. The first-order valence-corrected chi connectivity index (χ1v) is 7.68. The highest BCUT2D eigenvalue weighted by Gasteiger charge is 2.24. The Morgan fingerprint density at radius 3 is 2.08 bits per heavy atom. The van der Waals surface area contributed by atoms with E-state index in [2.05, 4.69) is 0 Å². The van der Waals surface area contributed by atoms with Crippen LogP contribution in [0.15, 0.2) is 95.7 Å². The van der Waals surface area contributed by atoms with Crippen molar-refractivity contribution in [2.45, 2.75) is 0 Å². The fourth-order valence-corrected chi connectivity index (χ4v) is 2.64. The highest BCUT2D eigenvalue weighted by atomic mass is 19.2. The molecule has 1 aliphatic rings. The second-order valence-corrected chi connectivity index (χ2v) is 5.56. The van der Waals surface area contributed by atoms with Gasteiger partial charge in [-0.3, -0.25) is 0 Å². The minimum Gasteiger partial charge on any atom is -0.401 e. The molecule has 2 aromatic carbocycles. The number of rotatable bonds is 3. The first-order valence-electron chi connectivity index (χ1n) is 7.68. The van der Waals surface area contributed by atoms with Crippen LogP contribution in [0.5, 0.6) is 0 Å². The summed E-state index contributed by atoms with van der Waals surface area (Å²) in [6.07, 6.45) is 6.13. The van der Waals surface area contributed by atoms with Crippen LogP contribution in [0.4, 0.5) is 8.78 Å². The maximum Gasteiger partial charge on any atom is 0.163 e. The lowest BCUT2D eigenvalue weighted by atomic mass is 9.88. The average molecular weight is 321 g/mol. The van der Waals surface area contributed by atoms with Gasteiger partial charge in [0.25, 0.3) is 0 Å². The van der Waals surface area contributed by atoms with Gasteiger partial charge in [0.2, 0.25) is 0 Å². The minimum atomic E-state index is -0.874. The van der Waals surface area contributed by atoms with Gasteiger partial charge in [0.1, 0.15) is 0 Å². The molecule has 0 bridgehead atoms. The van der Waals surface area contributed by atoms with Gasteiger partial charge in [0.05, 0.1) is 0 Å². The van der Waals surface area contributed by atoms with E-state index in [1.807, 2.05) is 60.7 Å². The molecule has 0 spiro atoms. The molecule has 1 unspecified atom stereocenters. The Morgan fingerprint density at radius 1 is 0.875 bits per heavy atom. The highest BCUT2D eigenvalue weighted by Crippen LogP contribution is 2.35. The monoisotopic (exact) mass is 321 g/mol. The highest BCUT2D eigenvalue weighted by molar-refractivity contribution is 5.65. The van der Waals surface area contributed by atoms with Crippen molar-refractivity contribution in [1.82, 2.24) is 0 Å². The van der Waals surface area contributed by atoms with Crippen LogP contribution >= 0.6 is 0 Å². The molecule has 2 N–H and O–H groups in total. The Labute approximate surface area is 140 Å². The fraction of sp³-hybridized carbons (Fsp3) is 0.0476. The maximum atomic E-state index is 14.4. The molecule has 0 radical (unpaired) electrons. The van der Waals surface area contributed by atoms with E-state index >= 15 is 0 Å². The van der Waals surface area contributed by atoms with Crippen molar-refractivity contribution < 1.29 is 8.78 Å². The third-order valence-electron chi connectivity index (χ3n) is 3.85. The molecule has 1 nitrogen and oxygen atoms in total. The van der Waals surface area contributed by atoms with Crippen molar-refractivity contribution in [3.63, 3.8) is 0 Å². The Morgan fingerprint density at radius 2 is 1.46 bits per heavy atom. The van der Waals surface area contributed by atoms with Gasteiger partial charge in [0, 0.05) is 17.2 Å². The van der Waals surface area contributed by atoms with Crippen LogP contribution in [0.3, 0.4) is 0 Å². The molecule has 0 aliphatic heterocycles. The first-order chi connectivity index (χ1) is 11.6. The molecule has 24 heavy (non-hydrogen) atoms.